The van der Waals surface area contributed by atoms with E-state index in [0.717, 1.165) is 29.3 Å². The summed E-state index contributed by atoms with van der Waals surface area (Å²) in [7, 11) is 0. The lowest BCUT2D eigenvalue weighted by molar-refractivity contribution is 0.860. The molecule has 1 atom stereocenters. The fourth-order valence-electron chi connectivity index (χ4n) is 2.71. The molecule has 0 saturated carbocycles. The summed E-state index contributed by atoms with van der Waals surface area (Å²) in [4.78, 5) is 4.35. The van der Waals surface area contributed by atoms with E-state index in [1.54, 1.807) is 0 Å². The summed E-state index contributed by atoms with van der Waals surface area (Å²) in [6.45, 7) is 2.20. The van der Waals surface area contributed by atoms with Crippen LogP contribution >= 0.6 is 0 Å². The van der Waals surface area contributed by atoms with Gasteiger partial charge >= 0.3 is 0 Å². The molecule has 1 unspecified atom stereocenters. The number of hydrogen-bond donors (Lipinski definition) is 1. The van der Waals surface area contributed by atoms with Crippen LogP contribution in [0.4, 0.5) is 0 Å². The van der Waals surface area contributed by atoms with Crippen molar-refractivity contribution in [3.05, 3.63) is 77.5 Å². The summed E-state index contributed by atoms with van der Waals surface area (Å²) in [5.41, 5.74) is 11.1. The highest BCUT2D eigenvalue weighted by Gasteiger charge is 2.10. The van der Waals surface area contributed by atoms with Crippen molar-refractivity contribution in [2.45, 2.75) is 25.8 Å². The monoisotopic (exact) mass is 276 g/mol. The van der Waals surface area contributed by atoms with Crippen LogP contribution in [0, 0.1) is 0 Å². The van der Waals surface area contributed by atoms with Crippen molar-refractivity contribution < 1.29 is 0 Å². The van der Waals surface area contributed by atoms with Crippen LogP contribution in [-0.4, -0.2) is 4.98 Å². The maximum Gasteiger partial charge on any atom is 0.0702 e. The highest BCUT2D eigenvalue weighted by Crippen LogP contribution is 2.24. The molecule has 0 radical (unpaired) electrons. The molecule has 0 aliphatic heterocycles. The molecule has 0 saturated heterocycles. The number of aryl methyl sites for hydroxylation is 1. The van der Waals surface area contributed by atoms with Gasteiger partial charge in [-0.15, -0.1) is 0 Å². The highest BCUT2D eigenvalue weighted by atomic mass is 14.7. The van der Waals surface area contributed by atoms with Crippen molar-refractivity contribution in [1.29, 1.82) is 0 Å². The van der Waals surface area contributed by atoms with Gasteiger partial charge in [0.05, 0.1) is 11.6 Å². The Bertz CT molecular complexity index is 749. The molecular weight excluding hydrogens is 256 g/mol. The number of nitrogens with two attached hydrogens (primary N) is 1. The number of benzene rings is 2. The minimum Gasteiger partial charge on any atom is -0.320 e. The Labute approximate surface area is 125 Å². The normalized spacial score (nSPS) is 12.5. The Morgan fingerprint density at radius 2 is 1.86 bits per heavy atom. The second-order valence-corrected chi connectivity index (χ2v) is 5.43. The molecule has 0 aliphatic carbocycles. The van der Waals surface area contributed by atoms with Gasteiger partial charge in [-0.1, -0.05) is 49.7 Å². The fraction of sp³-hybridized carbons (Fsp3) is 0.211. The Morgan fingerprint density at radius 1 is 1.00 bits per heavy atom. The third kappa shape index (κ3) is 2.96. The molecule has 0 fully saturated rings. The summed E-state index contributed by atoms with van der Waals surface area (Å²) < 4.78 is 0. The third-order valence-corrected chi connectivity index (χ3v) is 3.84. The minimum absolute atomic E-state index is 0.0913. The van der Waals surface area contributed by atoms with Crippen molar-refractivity contribution in [1.82, 2.24) is 4.98 Å². The number of rotatable bonds is 4. The zero-order chi connectivity index (χ0) is 14.7. The summed E-state index contributed by atoms with van der Waals surface area (Å²) in [6.07, 6.45) is 4.07. The third-order valence-electron chi connectivity index (χ3n) is 3.84. The van der Waals surface area contributed by atoms with Gasteiger partial charge in [0.2, 0.25) is 0 Å². The zero-order valence-electron chi connectivity index (χ0n) is 12.3. The van der Waals surface area contributed by atoms with Crippen LogP contribution in [0.1, 0.15) is 36.1 Å². The molecule has 106 valence electrons. The van der Waals surface area contributed by atoms with E-state index in [-0.39, 0.29) is 6.04 Å². The molecule has 3 rings (SSSR count). The minimum atomic E-state index is -0.0913. The molecule has 3 aromatic rings. The van der Waals surface area contributed by atoms with Crippen molar-refractivity contribution >= 4 is 10.9 Å². The zero-order valence-corrected chi connectivity index (χ0v) is 12.3. The first-order chi connectivity index (χ1) is 10.3. The van der Waals surface area contributed by atoms with E-state index in [2.05, 4.69) is 54.4 Å². The average molecular weight is 276 g/mol. The van der Waals surface area contributed by atoms with Gasteiger partial charge in [-0.3, -0.25) is 4.98 Å². The van der Waals surface area contributed by atoms with Crippen LogP contribution in [0.2, 0.25) is 0 Å². The molecule has 0 amide bonds. The first-order valence-electron chi connectivity index (χ1n) is 7.47. The van der Waals surface area contributed by atoms with E-state index in [0.29, 0.717) is 0 Å². The number of nitrogens with zero attached hydrogens (tertiary/aromatic N) is 1. The maximum absolute atomic E-state index is 6.45. The molecule has 1 aromatic heterocycles. The van der Waals surface area contributed by atoms with Gasteiger partial charge in [0.25, 0.3) is 0 Å². The summed E-state index contributed by atoms with van der Waals surface area (Å²) in [5.74, 6) is 0. The second kappa shape index (κ2) is 6.06. The van der Waals surface area contributed by atoms with Gasteiger partial charge in [-0.25, -0.2) is 0 Å². The number of fused-ring (bicyclic) bond motifs is 1. The molecular formula is C19H20N2. The highest BCUT2D eigenvalue weighted by molar-refractivity contribution is 5.79. The van der Waals surface area contributed by atoms with Gasteiger partial charge in [0, 0.05) is 11.6 Å². The summed E-state index contributed by atoms with van der Waals surface area (Å²) in [6, 6.07) is 18.8. The van der Waals surface area contributed by atoms with Crippen molar-refractivity contribution in [3.63, 3.8) is 0 Å². The summed E-state index contributed by atoms with van der Waals surface area (Å²) in [5, 5.41) is 1.13. The van der Waals surface area contributed by atoms with E-state index >= 15 is 0 Å². The molecule has 21 heavy (non-hydrogen) atoms. The van der Waals surface area contributed by atoms with E-state index in [1.165, 1.54) is 11.1 Å². The van der Waals surface area contributed by atoms with Gasteiger partial charge < -0.3 is 5.73 Å². The van der Waals surface area contributed by atoms with Crippen molar-refractivity contribution in [2.24, 2.45) is 5.73 Å². The van der Waals surface area contributed by atoms with Crippen molar-refractivity contribution in [2.75, 3.05) is 0 Å². The van der Waals surface area contributed by atoms with E-state index in [1.807, 2.05) is 18.3 Å². The van der Waals surface area contributed by atoms with Crippen LogP contribution in [0.3, 0.4) is 0 Å². The fourth-order valence-corrected chi connectivity index (χ4v) is 2.71. The lowest BCUT2D eigenvalue weighted by atomic mass is 9.96. The quantitative estimate of drug-likeness (QED) is 0.774. The standard InChI is InChI=1S/C19H20N2/c1-2-5-14-6-3-7-16(12-14)19(20)17-9-10-18-15(13-17)8-4-11-21-18/h3-4,6-13,19H,2,5,20H2,1H3. The van der Waals surface area contributed by atoms with Crippen LogP contribution in [0.5, 0.6) is 0 Å². The van der Waals surface area contributed by atoms with Gasteiger partial charge in [0.15, 0.2) is 0 Å². The molecule has 0 aliphatic rings. The largest absolute Gasteiger partial charge is 0.320 e. The van der Waals surface area contributed by atoms with Crippen LogP contribution in [0.15, 0.2) is 60.8 Å². The lowest BCUT2D eigenvalue weighted by Gasteiger charge is -2.14. The molecule has 0 bridgehead atoms. The Balaban J connectivity index is 1.95. The molecule has 2 aromatic carbocycles. The maximum atomic E-state index is 6.45. The van der Waals surface area contributed by atoms with Gasteiger partial charge in [0.1, 0.15) is 0 Å². The number of aromatic nitrogens is 1. The summed E-state index contributed by atoms with van der Waals surface area (Å²) >= 11 is 0. The van der Waals surface area contributed by atoms with Gasteiger partial charge in [-0.05, 0) is 41.3 Å². The predicted molar refractivity (Wildman–Crippen MR) is 88.2 cm³/mol. The topological polar surface area (TPSA) is 38.9 Å². The first kappa shape index (κ1) is 13.8. The van der Waals surface area contributed by atoms with Crippen molar-refractivity contribution in [3.8, 4) is 0 Å². The molecule has 2 nitrogen and oxygen atoms in total. The smallest absolute Gasteiger partial charge is 0.0702 e. The molecule has 0 spiro atoms. The van der Waals surface area contributed by atoms with Crippen LogP contribution in [0.25, 0.3) is 10.9 Å². The van der Waals surface area contributed by atoms with E-state index in [4.69, 9.17) is 5.73 Å². The second-order valence-electron chi connectivity index (χ2n) is 5.43. The first-order valence-corrected chi connectivity index (χ1v) is 7.47. The lowest BCUT2D eigenvalue weighted by Crippen LogP contribution is -2.12. The Hall–Kier alpha value is -2.19. The molecule has 2 N–H and O–H groups in total. The number of hydrogen-bond acceptors (Lipinski definition) is 2. The van der Waals surface area contributed by atoms with E-state index in [9.17, 15) is 0 Å². The van der Waals surface area contributed by atoms with Crippen LogP contribution < -0.4 is 5.73 Å². The van der Waals surface area contributed by atoms with Gasteiger partial charge in [-0.2, -0.15) is 0 Å². The Kier molecular flexibility index (Phi) is 3.98. The SMILES string of the molecule is CCCc1cccc(C(N)c2ccc3ncccc3c2)c1. The number of pyridine rings is 1. The molecule has 2 heteroatoms. The molecule has 1 heterocycles. The van der Waals surface area contributed by atoms with Crippen LogP contribution in [-0.2, 0) is 6.42 Å². The average Bonchev–Trinajstić information content (AvgIpc) is 2.54. The van der Waals surface area contributed by atoms with E-state index < -0.39 is 0 Å². The predicted octanol–water partition coefficient (Wildman–Crippen LogP) is 4.24. The Morgan fingerprint density at radius 3 is 2.71 bits per heavy atom.